The fraction of sp³-hybridized carbons (Fsp3) is 0.500. The molecule has 4 nitrogen and oxygen atoms in total. The van der Waals surface area contributed by atoms with Crippen LogP contribution in [0.4, 0.5) is 10.1 Å². The highest BCUT2D eigenvalue weighted by molar-refractivity contribution is 5.40. The lowest BCUT2D eigenvalue weighted by atomic mass is 9.92. The van der Waals surface area contributed by atoms with Crippen molar-refractivity contribution in [3.63, 3.8) is 0 Å². The van der Waals surface area contributed by atoms with Crippen molar-refractivity contribution >= 4 is 5.69 Å². The first kappa shape index (κ1) is 13.6. The van der Waals surface area contributed by atoms with Crippen LogP contribution in [0.15, 0.2) is 18.2 Å². The Morgan fingerprint density at radius 3 is 2.65 bits per heavy atom. The van der Waals surface area contributed by atoms with E-state index in [1.165, 1.54) is 12.1 Å². The highest BCUT2D eigenvalue weighted by Gasteiger charge is 2.20. The van der Waals surface area contributed by atoms with Gasteiger partial charge in [-0.1, -0.05) is 13.3 Å². The number of aliphatic hydroxyl groups excluding tert-OH is 1. The number of aliphatic hydroxyl groups is 1. The summed E-state index contributed by atoms with van der Waals surface area (Å²) < 4.78 is 13.1. The molecule has 94 valence electrons. The van der Waals surface area contributed by atoms with E-state index < -0.39 is 16.8 Å². The SMILES string of the molecule is CCC(Cc1cc(F)ccc1[N+](=O)[O-])C(C)O. The first-order valence-corrected chi connectivity index (χ1v) is 5.56. The smallest absolute Gasteiger partial charge is 0.272 e. The maximum absolute atomic E-state index is 13.1. The van der Waals surface area contributed by atoms with Crippen molar-refractivity contribution in [1.29, 1.82) is 0 Å². The summed E-state index contributed by atoms with van der Waals surface area (Å²) >= 11 is 0. The molecule has 1 aromatic carbocycles. The molecule has 2 unspecified atom stereocenters. The normalized spacial score (nSPS) is 14.4. The van der Waals surface area contributed by atoms with Gasteiger partial charge in [0.15, 0.2) is 0 Å². The van der Waals surface area contributed by atoms with Gasteiger partial charge in [0.2, 0.25) is 0 Å². The molecule has 0 saturated heterocycles. The van der Waals surface area contributed by atoms with Crippen LogP contribution in [0.25, 0.3) is 0 Å². The predicted molar refractivity (Wildman–Crippen MR) is 62.2 cm³/mol. The molecule has 0 amide bonds. The highest BCUT2D eigenvalue weighted by Crippen LogP contribution is 2.25. The van der Waals surface area contributed by atoms with E-state index in [2.05, 4.69) is 0 Å². The summed E-state index contributed by atoms with van der Waals surface area (Å²) in [6, 6.07) is 3.41. The fourth-order valence-corrected chi connectivity index (χ4v) is 1.83. The molecule has 1 rings (SSSR count). The third-order valence-electron chi connectivity index (χ3n) is 2.93. The Labute approximate surface area is 99.2 Å². The number of nitro groups is 1. The minimum atomic E-state index is -0.567. The van der Waals surface area contributed by atoms with Crippen LogP contribution in [0.3, 0.4) is 0 Å². The van der Waals surface area contributed by atoms with Gasteiger partial charge in [-0.15, -0.1) is 0 Å². The number of benzene rings is 1. The maximum atomic E-state index is 13.1. The molecule has 0 aliphatic carbocycles. The summed E-state index contributed by atoms with van der Waals surface area (Å²) in [6.45, 7) is 3.53. The van der Waals surface area contributed by atoms with Crippen molar-refractivity contribution in [2.75, 3.05) is 0 Å². The van der Waals surface area contributed by atoms with Gasteiger partial charge in [-0.2, -0.15) is 0 Å². The van der Waals surface area contributed by atoms with Crippen LogP contribution in [0.2, 0.25) is 0 Å². The summed E-state index contributed by atoms with van der Waals surface area (Å²) in [4.78, 5) is 10.3. The number of hydrogen-bond acceptors (Lipinski definition) is 3. The maximum Gasteiger partial charge on any atom is 0.272 e. The van der Waals surface area contributed by atoms with Crippen LogP contribution in [-0.2, 0) is 6.42 Å². The average Bonchev–Trinajstić information content (AvgIpc) is 2.25. The van der Waals surface area contributed by atoms with Gasteiger partial charge < -0.3 is 5.11 Å². The summed E-state index contributed by atoms with van der Waals surface area (Å²) in [5.41, 5.74) is 0.244. The number of nitro benzene ring substituents is 1. The molecule has 0 aliphatic rings. The number of rotatable bonds is 5. The van der Waals surface area contributed by atoms with E-state index in [9.17, 15) is 19.6 Å². The monoisotopic (exact) mass is 241 g/mol. The predicted octanol–water partition coefficient (Wildman–Crippen LogP) is 2.68. The molecule has 0 saturated carbocycles. The molecule has 2 atom stereocenters. The molecule has 1 N–H and O–H groups in total. The second kappa shape index (κ2) is 5.72. The fourth-order valence-electron chi connectivity index (χ4n) is 1.83. The van der Waals surface area contributed by atoms with Gasteiger partial charge in [0, 0.05) is 11.6 Å². The number of halogens is 1. The van der Waals surface area contributed by atoms with Gasteiger partial charge in [-0.05, 0) is 31.4 Å². The van der Waals surface area contributed by atoms with Crippen LogP contribution < -0.4 is 0 Å². The topological polar surface area (TPSA) is 63.4 Å². The van der Waals surface area contributed by atoms with Gasteiger partial charge in [0.05, 0.1) is 11.0 Å². The second-order valence-corrected chi connectivity index (χ2v) is 4.14. The van der Waals surface area contributed by atoms with E-state index in [0.717, 1.165) is 6.07 Å². The zero-order chi connectivity index (χ0) is 13.0. The van der Waals surface area contributed by atoms with Gasteiger partial charge >= 0.3 is 0 Å². The Kier molecular flexibility index (Phi) is 4.57. The van der Waals surface area contributed by atoms with Crippen LogP contribution in [0.1, 0.15) is 25.8 Å². The van der Waals surface area contributed by atoms with Crippen molar-refractivity contribution in [3.05, 3.63) is 39.7 Å². The lowest BCUT2D eigenvalue weighted by molar-refractivity contribution is -0.385. The molecular weight excluding hydrogens is 225 g/mol. The van der Waals surface area contributed by atoms with Crippen LogP contribution in [-0.4, -0.2) is 16.1 Å². The Balaban J connectivity index is 3.03. The standard InChI is InChI=1S/C12H16FNO3/c1-3-9(8(2)15)6-10-7-11(13)4-5-12(10)14(16)17/h4-5,7-9,15H,3,6H2,1-2H3. The summed E-state index contributed by atoms with van der Waals surface area (Å²) in [5, 5.41) is 20.3. The van der Waals surface area contributed by atoms with Crippen molar-refractivity contribution in [2.45, 2.75) is 32.8 Å². The lowest BCUT2D eigenvalue weighted by Gasteiger charge is -2.17. The minimum absolute atomic E-state index is 0.0921. The molecule has 0 radical (unpaired) electrons. The van der Waals surface area contributed by atoms with Crippen LogP contribution in [0, 0.1) is 21.8 Å². The van der Waals surface area contributed by atoms with E-state index in [0.29, 0.717) is 18.4 Å². The third kappa shape index (κ3) is 3.49. The van der Waals surface area contributed by atoms with Gasteiger partial charge in [0.25, 0.3) is 5.69 Å². The number of hydrogen-bond donors (Lipinski definition) is 1. The molecule has 0 fully saturated rings. The van der Waals surface area contributed by atoms with Crippen molar-refractivity contribution in [1.82, 2.24) is 0 Å². The van der Waals surface area contributed by atoms with E-state index >= 15 is 0 Å². The number of nitrogens with zero attached hydrogens (tertiary/aromatic N) is 1. The molecule has 0 bridgehead atoms. The quantitative estimate of drug-likeness (QED) is 0.636. The average molecular weight is 241 g/mol. The first-order chi connectivity index (χ1) is 7.95. The Morgan fingerprint density at radius 1 is 1.53 bits per heavy atom. The van der Waals surface area contributed by atoms with Crippen molar-refractivity contribution < 1.29 is 14.4 Å². The zero-order valence-electron chi connectivity index (χ0n) is 9.89. The van der Waals surface area contributed by atoms with Gasteiger partial charge in [-0.25, -0.2) is 4.39 Å². The zero-order valence-corrected chi connectivity index (χ0v) is 9.89. The van der Waals surface area contributed by atoms with Crippen molar-refractivity contribution in [2.24, 2.45) is 5.92 Å². The van der Waals surface area contributed by atoms with E-state index in [1.54, 1.807) is 6.92 Å². The van der Waals surface area contributed by atoms with Crippen LogP contribution >= 0.6 is 0 Å². The molecule has 0 spiro atoms. The molecule has 0 aliphatic heterocycles. The van der Waals surface area contributed by atoms with E-state index in [-0.39, 0.29) is 11.6 Å². The Morgan fingerprint density at radius 2 is 2.18 bits per heavy atom. The van der Waals surface area contributed by atoms with E-state index in [4.69, 9.17) is 0 Å². The molecule has 17 heavy (non-hydrogen) atoms. The summed E-state index contributed by atoms with van der Waals surface area (Å²) in [7, 11) is 0. The highest BCUT2D eigenvalue weighted by atomic mass is 19.1. The first-order valence-electron chi connectivity index (χ1n) is 5.56. The van der Waals surface area contributed by atoms with Gasteiger partial charge in [-0.3, -0.25) is 10.1 Å². The second-order valence-electron chi connectivity index (χ2n) is 4.14. The molecule has 0 aromatic heterocycles. The minimum Gasteiger partial charge on any atom is -0.393 e. The van der Waals surface area contributed by atoms with Crippen LogP contribution in [0.5, 0.6) is 0 Å². The Hall–Kier alpha value is -1.49. The molecule has 0 heterocycles. The Bertz CT molecular complexity index is 407. The third-order valence-corrected chi connectivity index (χ3v) is 2.93. The summed E-state index contributed by atoms with van der Waals surface area (Å²) in [5.74, 6) is -0.596. The lowest BCUT2D eigenvalue weighted by Crippen LogP contribution is -2.19. The summed E-state index contributed by atoms with van der Waals surface area (Å²) in [6.07, 6.45) is 0.427. The van der Waals surface area contributed by atoms with Crippen molar-refractivity contribution in [3.8, 4) is 0 Å². The van der Waals surface area contributed by atoms with E-state index in [1.807, 2.05) is 6.92 Å². The van der Waals surface area contributed by atoms with Gasteiger partial charge in [0.1, 0.15) is 5.82 Å². The molecular formula is C12H16FNO3. The molecule has 5 heteroatoms. The molecule has 1 aromatic rings. The largest absolute Gasteiger partial charge is 0.393 e.